The minimum absolute atomic E-state index is 0.645. The monoisotopic (exact) mass is 642 g/mol. The lowest BCUT2D eigenvalue weighted by Gasteiger charge is -2.26. The summed E-state index contributed by atoms with van der Waals surface area (Å²) in [5, 5.41) is 5.08. The van der Waals surface area contributed by atoms with Crippen molar-refractivity contribution in [2.45, 2.75) is 0 Å². The zero-order valence-corrected chi connectivity index (χ0v) is 27.7. The molecule has 0 saturated heterocycles. The van der Waals surface area contributed by atoms with Gasteiger partial charge in [-0.1, -0.05) is 109 Å². The van der Waals surface area contributed by atoms with Crippen molar-refractivity contribution in [1.29, 1.82) is 0 Å². The molecule has 5 nitrogen and oxygen atoms in total. The van der Waals surface area contributed by atoms with Crippen molar-refractivity contribution < 1.29 is 0 Å². The van der Waals surface area contributed by atoms with Crippen LogP contribution in [0.4, 0.5) is 11.4 Å². The quantitative estimate of drug-likeness (QED) is 0.179. The third kappa shape index (κ3) is 4.14. The summed E-state index contributed by atoms with van der Waals surface area (Å²) in [6, 6.07) is 55.5. The van der Waals surface area contributed by atoms with Crippen molar-refractivity contribution in [3.8, 4) is 51.0 Å². The Bertz CT molecular complexity index is 2710. The fraction of sp³-hybridized carbons (Fsp3) is 0.0444. The Labute approximate surface area is 290 Å². The summed E-state index contributed by atoms with van der Waals surface area (Å²) in [6.07, 6.45) is 0. The van der Waals surface area contributed by atoms with E-state index in [1.165, 1.54) is 55.1 Å². The van der Waals surface area contributed by atoms with E-state index < -0.39 is 0 Å². The smallest absolute Gasteiger partial charge is 0.164 e. The van der Waals surface area contributed by atoms with E-state index in [0.717, 1.165) is 22.4 Å². The molecule has 10 rings (SSSR count). The standard InChI is InChI=1S/C45H32N5/c1-50(2)38-24-14-12-22-36(38)40-39-35-21-11-13-23-37(35)49(41(39)33-19-9-10-20-34(33)42(40)50)32-27-25-31(26-28-32)45-47-43(29-15-5-3-6-16-29)46-44(48-45)30-17-7-4-8-18-30/h3-28H,1-2H3/q+1. The summed E-state index contributed by atoms with van der Waals surface area (Å²) >= 11 is 0. The molecule has 3 heterocycles. The molecule has 0 aliphatic carbocycles. The highest BCUT2D eigenvalue weighted by Crippen LogP contribution is 2.58. The second-order valence-electron chi connectivity index (χ2n) is 13.4. The minimum atomic E-state index is 0.645. The van der Waals surface area contributed by atoms with Crippen molar-refractivity contribution in [3.63, 3.8) is 0 Å². The van der Waals surface area contributed by atoms with Crippen LogP contribution in [0.1, 0.15) is 0 Å². The van der Waals surface area contributed by atoms with Crippen LogP contribution in [-0.4, -0.2) is 33.6 Å². The van der Waals surface area contributed by atoms with Gasteiger partial charge in [0.1, 0.15) is 5.69 Å². The zero-order valence-electron chi connectivity index (χ0n) is 27.7. The molecule has 9 aromatic rings. The molecule has 0 amide bonds. The molecule has 0 atom stereocenters. The number of para-hydroxylation sites is 2. The lowest BCUT2D eigenvalue weighted by molar-refractivity contribution is 0.572. The van der Waals surface area contributed by atoms with Gasteiger partial charge in [0, 0.05) is 55.6 Å². The molecule has 236 valence electrons. The fourth-order valence-electron chi connectivity index (χ4n) is 8.00. The molecule has 7 aromatic carbocycles. The first-order valence-electron chi connectivity index (χ1n) is 17.0. The molecule has 0 radical (unpaired) electrons. The molecular weight excluding hydrogens is 611 g/mol. The van der Waals surface area contributed by atoms with E-state index >= 15 is 0 Å². The van der Waals surface area contributed by atoms with E-state index in [-0.39, 0.29) is 0 Å². The van der Waals surface area contributed by atoms with Crippen LogP contribution >= 0.6 is 0 Å². The first-order chi connectivity index (χ1) is 24.6. The van der Waals surface area contributed by atoms with Crippen LogP contribution in [0, 0.1) is 0 Å². The summed E-state index contributed by atoms with van der Waals surface area (Å²) in [7, 11) is 4.63. The molecule has 2 aromatic heterocycles. The largest absolute Gasteiger partial charge is 0.309 e. The molecule has 0 bridgehead atoms. The maximum absolute atomic E-state index is 4.98. The van der Waals surface area contributed by atoms with Crippen LogP contribution in [0.3, 0.4) is 0 Å². The lowest BCUT2D eigenvalue weighted by Crippen LogP contribution is -2.32. The van der Waals surface area contributed by atoms with Crippen molar-refractivity contribution in [1.82, 2.24) is 24.0 Å². The van der Waals surface area contributed by atoms with Gasteiger partial charge < -0.3 is 4.57 Å². The Balaban J connectivity index is 1.21. The van der Waals surface area contributed by atoms with Gasteiger partial charge in [-0.3, -0.25) is 4.48 Å². The number of rotatable bonds is 4. The fourth-order valence-corrected chi connectivity index (χ4v) is 8.00. The van der Waals surface area contributed by atoms with Crippen LogP contribution in [0.5, 0.6) is 0 Å². The van der Waals surface area contributed by atoms with Crippen molar-refractivity contribution >= 4 is 44.0 Å². The summed E-state index contributed by atoms with van der Waals surface area (Å²) in [6.45, 7) is 0. The number of quaternary nitrogens is 1. The van der Waals surface area contributed by atoms with Crippen molar-refractivity contribution in [3.05, 3.63) is 158 Å². The Morgan fingerprint density at radius 1 is 0.460 bits per heavy atom. The number of aromatic nitrogens is 4. The second-order valence-corrected chi connectivity index (χ2v) is 13.4. The van der Waals surface area contributed by atoms with Gasteiger partial charge in [-0.2, -0.15) is 0 Å². The maximum Gasteiger partial charge on any atom is 0.164 e. The topological polar surface area (TPSA) is 43.6 Å². The number of nitrogens with zero attached hydrogens (tertiary/aromatic N) is 5. The SMILES string of the molecule is C[N+]1(C)c2ccccc2-c2c1c1ccccc1c1c2c2ccccc2n1-c1ccc(-c2nc(-c3ccccc3)nc(-c3ccccc3)n2)cc1. The second kappa shape index (κ2) is 10.8. The van der Waals surface area contributed by atoms with Crippen LogP contribution in [0.2, 0.25) is 0 Å². The molecule has 5 heteroatoms. The number of hydrogen-bond donors (Lipinski definition) is 0. The lowest BCUT2D eigenvalue weighted by atomic mass is 9.94. The van der Waals surface area contributed by atoms with Crippen LogP contribution < -0.4 is 4.48 Å². The number of hydrogen-bond acceptors (Lipinski definition) is 3. The molecule has 0 spiro atoms. The van der Waals surface area contributed by atoms with Crippen LogP contribution in [-0.2, 0) is 0 Å². The van der Waals surface area contributed by atoms with E-state index in [9.17, 15) is 0 Å². The van der Waals surface area contributed by atoms with Gasteiger partial charge in [0.25, 0.3) is 0 Å². The predicted octanol–water partition coefficient (Wildman–Crippen LogP) is 11.0. The van der Waals surface area contributed by atoms with E-state index in [0.29, 0.717) is 22.0 Å². The van der Waals surface area contributed by atoms with Crippen LogP contribution in [0.15, 0.2) is 158 Å². The molecule has 0 fully saturated rings. The van der Waals surface area contributed by atoms with Crippen molar-refractivity contribution in [2.24, 2.45) is 0 Å². The molecular formula is C45H32N5+. The Kier molecular flexibility index (Phi) is 6.17. The highest BCUT2D eigenvalue weighted by Gasteiger charge is 2.41. The highest BCUT2D eigenvalue weighted by atomic mass is 15.3. The van der Waals surface area contributed by atoms with Crippen LogP contribution in [0.25, 0.3) is 83.6 Å². The molecule has 1 aliphatic heterocycles. The van der Waals surface area contributed by atoms with Gasteiger partial charge in [0.2, 0.25) is 0 Å². The average molecular weight is 643 g/mol. The first kappa shape index (κ1) is 28.6. The van der Waals surface area contributed by atoms with Gasteiger partial charge in [-0.15, -0.1) is 0 Å². The van der Waals surface area contributed by atoms with E-state index in [4.69, 9.17) is 15.0 Å². The normalized spacial score (nSPS) is 13.2. The van der Waals surface area contributed by atoms with E-state index in [1.807, 2.05) is 60.7 Å². The summed E-state index contributed by atoms with van der Waals surface area (Å²) in [5.41, 5.74) is 11.7. The number of benzene rings is 7. The Hall–Kier alpha value is -6.43. The van der Waals surface area contributed by atoms with E-state index in [2.05, 4.69) is 116 Å². The van der Waals surface area contributed by atoms with E-state index in [1.54, 1.807) is 0 Å². The first-order valence-corrected chi connectivity index (χ1v) is 17.0. The molecule has 50 heavy (non-hydrogen) atoms. The third-order valence-electron chi connectivity index (χ3n) is 10.2. The summed E-state index contributed by atoms with van der Waals surface area (Å²) < 4.78 is 3.15. The summed E-state index contributed by atoms with van der Waals surface area (Å²) in [5.74, 6) is 1.96. The van der Waals surface area contributed by atoms with Gasteiger partial charge in [-0.05, 0) is 42.5 Å². The Morgan fingerprint density at radius 3 is 1.60 bits per heavy atom. The molecule has 0 saturated carbocycles. The van der Waals surface area contributed by atoms with Gasteiger partial charge in [-0.25, -0.2) is 15.0 Å². The maximum atomic E-state index is 4.98. The minimum Gasteiger partial charge on any atom is -0.309 e. The predicted molar refractivity (Wildman–Crippen MR) is 207 cm³/mol. The molecule has 1 aliphatic rings. The van der Waals surface area contributed by atoms with Gasteiger partial charge in [0.15, 0.2) is 23.2 Å². The average Bonchev–Trinajstić information content (AvgIpc) is 3.65. The summed E-state index contributed by atoms with van der Waals surface area (Å²) in [4.78, 5) is 14.8. The number of fused-ring (bicyclic) bond motifs is 10. The zero-order chi connectivity index (χ0) is 33.4. The highest BCUT2D eigenvalue weighted by molar-refractivity contribution is 6.30. The van der Waals surface area contributed by atoms with Crippen molar-refractivity contribution in [2.75, 3.05) is 14.1 Å². The third-order valence-corrected chi connectivity index (χ3v) is 10.2. The van der Waals surface area contributed by atoms with Gasteiger partial charge in [0.05, 0.1) is 30.7 Å². The molecule has 0 N–H and O–H groups in total. The Morgan fingerprint density at radius 2 is 0.960 bits per heavy atom. The van der Waals surface area contributed by atoms with Gasteiger partial charge >= 0.3 is 0 Å². The molecule has 0 unspecified atom stereocenters.